The van der Waals surface area contributed by atoms with Crippen LogP contribution < -0.4 is 5.32 Å². The summed E-state index contributed by atoms with van der Waals surface area (Å²) in [7, 11) is 0. The largest absolute Gasteiger partial charge is 0.361 e. The molecule has 3 rings (SSSR count). The normalized spacial score (nSPS) is 10.6. The molecule has 0 bridgehead atoms. The van der Waals surface area contributed by atoms with E-state index in [0.29, 0.717) is 16.4 Å². The fraction of sp³-hybridized carbons (Fsp3) is 0.118. The number of hydrogen-bond donors (Lipinski definition) is 1. The van der Waals surface area contributed by atoms with Crippen molar-refractivity contribution in [1.82, 2.24) is 10.1 Å². The summed E-state index contributed by atoms with van der Waals surface area (Å²) in [5.74, 6) is 0.723. The quantitative estimate of drug-likeness (QED) is 0.562. The Morgan fingerprint density at radius 3 is 2.78 bits per heavy atom. The number of benzene rings is 1. The number of anilines is 2. The predicted octanol–water partition coefficient (Wildman–Crippen LogP) is 4.56. The van der Waals surface area contributed by atoms with Gasteiger partial charge < -0.3 is 9.84 Å². The molecule has 3 aromatic rings. The minimum atomic E-state index is 0.344. The van der Waals surface area contributed by atoms with Gasteiger partial charge in [-0.3, -0.25) is 4.79 Å². The van der Waals surface area contributed by atoms with Gasteiger partial charge in [-0.1, -0.05) is 28.9 Å². The third-order valence-electron chi connectivity index (χ3n) is 3.46. The molecular formula is C17H14ClN3O2. The van der Waals surface area contributed by atoms with Crippen LogP contribution in [0.1, 0.15) is 21.8 Å². The molecule has 2 heterocycles. The molecule has 0 spiro atoms. The lowest BCUT2D eigenvalue weighted by Crippen LogP contribution is -1.95. The molecule has 0 aliphatic heterocycles. The molecule has 0 saturated heterocycles. The zero-order chi connectivity index (χ0) is 16.4. The second-order valence-corrected chi connectivity index (χ2v) is 5.49. The first-order chi connectivity index (χ1) is 11.1. The van der Waals surface area contributed by atoms with Crippen LogP contribution in [0.15, 0.2) is 41.1 Å². The number of carbonyl (C=O) groups excluding carboxylic acids is 1. The zero-order valence-electron chi connectivity index (χ0n) is 12.6. The van der Waals surface area contributed by atoms with Crippen molar-refractivity contribution < 1.29 is 9.32 Å². The van der Waals surface area contributed by atoms with E-state index >= 15 is 0 Å². The Morgan fingerprint density at radius 2 is 2.09 bits per heavy atom. The van der Waals surface area contributed by atoms with Crippen molar-refractivity contribution in [1.29, 1.82) is 0 Å². The van der Waals surface area contributed by atoms with E-state index in [1.54, 1.807) is 24.4 Å². The summed E-state index contributed by atoms with van der Waals surface area (Å²) in [4.78, 5) is 15.1. The van der Waals surface area contributed by atoms with Gasteiger partial charge in [-0.25, -0.2) is 4.98 Å². The Labute approximate surface area is 138 Å². The van der Waals surface area contributed by atoms with Gasteiger partial charge in [0.2, 0.25) is 0 Å². The molecule has 23 heavy (non-hydrogen) atoms. The second-order valence-electron chi connectivity index (χ2n) is 5.13. The maximum Gasteiger partial charge on any atom is 0.152 e. The van der Waals surface area contributed by atoms with Crippen LogP contribution in [-0.2, 0) is 0 Å². The number of rotatable bonds is 4. The van der Waals surface area contributed by atoms with Crippen LogP contribution >= 0.6 is 11.6 Å². The Balaban J connectivity index is 1.99. The number of carbonyl (C=O) groups is 1. The topological polar surface area (TPSA) is 68.0 Å². The van der Waals surface area contributed by atoms with Crippen molar-refractivity contribution >= 4 is 29.3 Å². The molecule has 0 amide bonds. The molecule has 0 fully saturated rings. The van der Waals surface area contributed by atoms with Gasteiger partial charge in [-0.2, -0.15) is 0 Å². The highest BCUT2D eigenvalue weighted by atomic mass is 35.5. The summed E-state index contributed by atoms with van der Waals surface area (Å²) in [6, 6.07) is 9.01. The summed E-state index contributed by atoms with van der Waals surface area (Å²) >= 11 is 6.18. The van der Waals surface area contributed by atoms with E-state index in [9.17, 15) is 4.79 Å². The number of nitrogens with one attached hydrogen (secondary N) is 1. The van der Waals surface area contributed by atoms with Gasteiger partial charge >= 0.3 is 0 Å². The van der Waals surface area contributed by atoms with Crippen molar-refractivity contribution in [2.45, 2.75) is 13.8 Å². The van der Waals surface area contributed by atoms with E-state index in [-0.39, 0.29) is 0 Å². The molecule has 0 saturated carbocycles. The SMILES string of the molecule is Cc1noc(C)c1-c1cnc(Cl)c(Nc2cccc(C=O)c2)c1. The lowest BCUT2D eigenvalue weighted by Gasteiger charge is -2.10. The number of aryl methyl sites for hydroxylation is 2. The van der Waals surface area contributed by atoms with Crippen LogP contribution in [0.5, 0.6) is 0 Å². The molecule has 6 heteroatoms. The number of pyridine rings is 1. The van der Waals surface area contributed by atoms with Gasteiger partial charge in [-0.15, -0.1) is 0 Å². The minimum Gasteiger partial charge on any atom is -0.361 e. The molecule has 1 aromatic carbocycles. The van der Waals surface area contributed by atoms with Crippen molar-refractivity contribution in [3.05, 3.63) is 58.7 Å². The van der Waals surface area contributed by atoms with Crippen molar-refractivity contribution in [3.63, 3.8) is 0 Å². The summed E-state index contributed by atoms with van der Waals surface area (Å²) in [5, 5.41) is 7.48. The zero-order valence-corrected chi connectivity index (χ0v) is 13.4. The summed E-state index contributed by atoms with van der Waals surface area (Å²) in [6.07, 6.45) is 2.48. The molecule has 5 nitrogen and oxygen atoms in total. The van der Waals surface area contributed by atoms with Gasteiger partial charge in [0.05, 0.1) is 11.4 Å². The summed E-state index contributed by atoms with van der Waals surface area (Å²) < 4.78 is 5.20. The van der Waals surface area contributed by atoms with Gasteiger partial charge in [-0.05, 0) is 32.0 Å². The molecule has 116 valence electrons. The number of aldehydes is 1. The summed E-state index contributed by atoms with van der Waals surface area (Å²) in [5.41, 5.74) is 4.54. The van der Waals surface area contributed by atoms with Crippen LogP contribution in [-0.4, -0.2) is 16.4 Å². The number of nitrogens with zero attached hydrogens (tertiary/aromatic N) is 2. The van der Waals surface area contributed by atoms with Crippen LogP contribution in [0.3, 0.4) is 0 Å². The monoisotopic (exact) mass is 327 g/mol. The third kappa shape index (κ3) is 3.10. The van der Waals surface area contributed by atoms with Gasteiger partial charge in [0.15, 0.2) is 5.15 Å². The number of aromatic nitrogens is 2. The smallest absolute Gasteiger partial charge is 0.152 e. The molecule has 1 N–H and O–H groups in total. The first-order valence-electron chi connectivity index (χ1n) is 6.99. The van der Waals surface area contributed by atoms with Crippen LogP contribution in [0.4, 0.5) is 11.4 Å². The lowest BCUT2D eigenvalue weighted by atomic mass is 10.1. The number of hydrogen-bond acceptors (Lipinski definition) is 5. The predicted molar refractivity (Wildman–Crippen MR) is 89.3 cm³/mol. The van der Waals surface area contributed by atoms with Gasteiger partial charge in [0.1, 0.15) is 12.0 Å². The fourth-order valence-corrected chi connectivity index (χ4v) is 2.56. The second kappa shape index (κ2) is 6.22. The highest BCUT2D eigenvalue weighted by Gasteiger charge is 2.14. The highest BCUT2D eigenvalue weighted by molar-refractivity contribution is 6.32. The van der Waals surface area contributed by atoms with E-state index in [1.165, 1.54) is 0 Å². The average molecular weight is 328 g/mol. The van der Waals surface area contributed by atoms with E-state index in [2.05, 4.69) is 15.5 Å². The minimum absolute atomic E-state index is 0.344. The number of halogens is 1. The van der Waals surface area contributed by atoms with Crippen molar-refractivity contribution in [3.8, 4) is 11.1 Å². The Kier molecular flexibility index (Phi) is 4.12. The van der Waals surface area contributed by atoms with Crippen molar-refractivity contribution in [2.24, 2.45) is 0 Å². The molecule has 0 unspecified atom stereocenters. The standard InChI is InChI=1S/C17H14ClN3O2/c1-10-16(11(2)23-21-10)13-7-15(17(18)19-8-13)20-14-5-3-4-12(6-14)9-22/h3-9,20H,1-2H3. The van der Waals surface area contributed by atoms with E-state index in [1.807, 2.05) is 26.0 Å². The first-order valence-corrected chi connectivity index (χ1v) is 7.37. The van der Waals surface area contributed by atoms with Crippen molar-refractivity contribution in [2.75, 3.05) is 5.32 Å². The van der Waals surface area contributed by atoms with E-state index in [4.69, 9.17) is 16.1 Å². The van der Waals surface area contributed by atoms with E-state index < -0.39 is 0 Å². The summed E-state index contributed by atoms with van der Waals surface area (Å²) in [6.45, 7) is 3.73. The average Bonchev–Trinajstić information content (AvgIpc) is 2.89. The van der Waals surface area contributed by atoms with Crippen LogP contribution in [0.25, 0.3) is 11.1 Å². The molecule has 0 aliphatic carbocycles. The Morgan fingerprint density at radius 1 is 1.26 bits per heavy atom. The third-order valence-corrected chi connectivity index (χ3v) is 3.76. The maximum absolute atomic E-state index is 10.9. The highest BCUT2D eigenvalue weighted by Crippen LogP contribution is 2.32. The molecular weight excluding hydrogens is 314 g/mol. The first kappa shape index (κ1) is 15.2. The van der Waals surface area contributed by atoms with Crippen LogP contribution in [0.2, 0.25) is 5.15 Å². The fourth-order valence-electron chi connectivity index (χ4n) is 2.41. The molecule has 2 aromatic heterocycles. The van der Waals surface area contributed by atoms with Crippen LogP contribution in [0, 0.1) is 13.8 Å². The Bertz CT molecular complexity index is 855. The maximum atomic E-state index is 10.9. The lowest BCUT2D eigenvalue weighted by molar-refractivity contribution is 0.112. The Hall–Kier alpha value is -2.66. The van der Waals surface area contributed by atoms with Gasteiger partial charge in [0, 0.05) is 28.6 Å². The van der Waals surface area contributed by atoms with E-state index in [0.717, 1.165) is 34.6 Å². The molecule has 0 atom stereocenters. The van der Waals surface area contributed by atoms with Gasteiger partial charge in [0.25, 0.3) is 0 Å². The molecule has 0 radical (unpaired) electrons. The molecule has 0 aliphatic rings.